The van der Waals surface area contributed by atoms with E-state index >= 15 is 0 Å². The minimum absolute atomic E-state index is 0.0143. The highest BCUT2D eigenvalue weighted by Gasteiger charge is 2.18. The molecule has 10 rings (SSSR count). The third-order valence-electron chi connectivity index (χ3n) is 8.83. The van der Waals surface area contributed by atoms with Crippen molar-refractivity contribution >= 4 is 43.7 Å². The summed E-state index contributed by atoms with van der Waals surface area (Å²) in [4.78, 5) is 13.8. The Morgan fingerprint density at radius 2 is 1.08 bits per heavy atom. The lowest BCUT2D eigenvalue weighted by atomic mass is 9.99. The van der Waals surface area contributed by atoms with Crippen LogP contribution in [-0.4, -0.2) is 19.5 Å². The second kappa shape index (κ2) is 11.4. The first-order chi connectivity index (χ1) is 28.9. The number of hydrogen-bond donors (Lipinski definition) is 0. The molecule has 234 valence electrons. The predicted molar refractivity (Wildman–Crippen MR) is 203 cm³/mol. The maximum atomic E-state index is 8.71. The van der Waals surface area contributed by atoms with Crippen LogP contribution in [0.2, 0.25) is 0 Å². The quantitative estimate of drug-likeness (QED) is 0.186. The third-order valence-corrected chi connectivity index (χ3v) is 8.83. The molecule has 7 aromatic carbocycles. The molecule has 0 unspecified atom stereocenters. The van der Waals surface area contributed by atoms with Gasteiger partial charge in [0, 0.05) is 43.9 Å². The Balaban J connectivity index is 1.22. The maximum absolute atomic E-state index is 8.71. The van der Waals surface area contributed by atoms with Crippen LogP contribution in [0.1, 0.15) is 13.7 Å². The van der Waals surface area contributed by atoms with Crippen LogP contribution in [-0.2, 0) is 0 Å². The number of aromatic nitrogens is 4. The van der Waals surface area contributed by atoms with E-state index in [-0.39, 0.29) is 28.6 Å². The molecule has 5 nitrogen and oxygen atoms in total. The maximum Gasteiger partial charge on any atom is 0.164 e. The summed E-state index contributed by atoms with van der Waals surface area (Å²) in [6.45, 7) is 0. The van der Waals surface area contributed by atoms with Crippen LogP contribution in [0.3, 0.4) is 0 Å². The first-order valence-corrected chi connectivity index (χ1v) is 15.9. The topological polar surface area (TPSA) is 56.7 Å². The Morgan fingerprint density at radius 3 is 1.84 bits per heavy atom. The molecule has 0 fully saturated rings. The zero-order valence-corrected chi connectivity index (χ0v) is 26.1. The van der Waals surface area contributed by atoms with E-state index in [1.807, 2.05) is 78.9 Å². The zero-order valence-electron chi connectivity index (χ0n) is 36.1. The SMILES string of the molecule is [2H]c1c([2H])c([2H])c(-c2nc(-c3ccc4c5ccccc5n(-c5cccc(-c6cccc7oc8ccccc8c67)c5)c4c3)nc(-c3c([2H])c([2H])c([2H])c([2H])c3[2H])n2)c([2H])c1[2H]. The smallest absolute Gasteiger partial charge is 0.164 e. The molecular weight excluding hydrogens is 613 g/mol. The molecule has 0 aliphatic heterocycles. The highest BCUT2D eigenvalue weighted by Crippen LogP contribution is 2.39. The van der Waals surface area contributed by atoms with Gasteiger partial charge in [-0.3, -0.25) is 0 Å². The second-order valence-corrected chi connectivity index (χ2v) is 11.7. The van der Waals surface area contributed by atoms with Gasteiger partial charge in [-0.1, -0.05) is 133 Å². The van der Waals surface area contributed by atoms with Crippen molar-refractivity contribution in [1.82, 2.24) is 19.5 Å². The Hall–Kier alpha value is -6.85. The summed E-state index contributed by atoms with van der Waals surface area (Å²) >= 11 is 0. The predicted octanol–water partition coefficient (Wildman–Crippen LogP) is 11.5. The molecule has 3 heterocycles. The fourth-order valence-electron chi connectivity index (χ4n) is 6.67. The molecule has 0 radical (unpaired) electrons. The number of nitrogens with zero attached hydrogens (tertiary/aromatic N) is 4. The highest BCUT2D eigenvalue weighted by molar-refractivity contribution is 6.13. The van der Waals surface area contributed by atoms with Crippen LogP contribution in [0.5, 0.6) is 0 Å². The standard InChI is InChI=1S/C45H28N4O/c1-3-13-29(14-4-1)43-46-44(30-15-5-2-6-16-30)48-45(47-43)32-25-26-36-35-19-7-9-22-38(35)49(39(36)28-32)33-18-11-17-31(27-33)34-21-12-24-41-42(34)37-20-8-10-23-40(37)50-41/h1-28H/i1D,2D,3D,4D,5D,6D,13D,14D,15D,16D. The van der Waals surface area contributed by atoms with E-state index in [4.69, 9.17) is 18.1 Å². The Morgan fingerprint density at radius 1 is 0.460 bits per heavy atom. The Bertz CT molecular complexity index is 3330. The average molecular weight is 651 g/mol. The van der Waals surface area contributed by atoms with Crippen molar-refractivity contribution in [3.63, 3.8) is 0 Å². The molecule has 5 heteroatoms. The van der Waals surface area contributed by atoms with Crippen LogP contribution in [0, 0.1) is 0 Å². The summed E-state index contributed by atoms with van der Waals surface area (Å²) in [6, 6.07) is 29.8. The second-order valence-electron chi connectivity index (χ2n) is 11.7. The van der Waals surface area contributed by atoms with Crippen molar-refractivity contribution in [3.05, 3.63) is 170 Å². The van der Waals surface area contributed by atoms with Crippen LogP contribution in [0.15, 0.2) is 174 Å². The molecule has 0 spiro atoms. The van der Waals surface area contributed by atoms with Gasteiger partial charge in [-0.25, -0.2) is 15.0 Å². The van der Waals surface area contributed by atoms with Crippen molar-refractivity contribution in [3.8, 4) is 51.0 Å². The van der Waals surface area contributed by atoms with Gasteiger partial charge in [0.15, 0.2) is 17.5 Å². The molecular formula is C45H28N4O. The van der Waals surface area contributed by atoms with Gasteiger partial charge in [-0.15, -0.1) is 0 Å². The minimum Gasteiger partial charge on any atom is -0.456 e. The molecule has 0 saturated heterocycles. The van der Waals surface area contributed by atoms with E-state index in [0.29, 0.717) is 5.56 Å². The normalized spacial score (nSPS) is 14.4. The van der Waals surface area contributed by atoms with Gasteiger partial charge < -0.3 is 8.98 Å². The lowest BCUT2D eigenvalue weighted by molar-refractivity contribution is 0.669. The van der Waals surface area contributed by atoms with Gasteiger partial charge in [-0.2, -0.15) is 0 Å². The van der Waals surface area contributed by atoms with Crippen LogP contribution in [0.4, 0.5) is 0 Å². The largest absolute Gasteiger partial charge is 0.456 e. The Labute approximate surface area is 301 Å². The molecule has 0 amide bonds. The summed E-state index contributed by atoms with van der Waals surface area (Å²) in [6.07, 6.45) is 0. The molecule has 0 aliphatic carbocycles. The lowest BCUT2D eigenvalue weighted by Gasteiger charge is -2.12. The van der Waals surface area contributed by atoms with Crippen molar-refractivity contribution in [2.24, 2.45) is 0 Å². The third kappa shape index (κ3) is 4.60. The Kier molecular flexibility index (Phi) is 4.52. The monoisotopic (exact) mass is 650 g/mol. The molecule has 3 aromatic heterocycles. The molecule has 10 aromatic rings. The number of rotatable bonds is 5. The van der Waals surface area contributed by atoms with Crippen LogP contribution in [0.25, 0.3) is 94.7 Å². The first-order valence-electron chi connectivity index (χ1n) is 20.9. The number of para-hydroxylation sites is 2. The molecule has 50 heavy (non-hydrogen) atoms. The van der Waals surface area contributed by atoms with E-state index in [1.165, 1.54) is 0 Å². The van der Waals surface area contributed by atoms with E-state index in [1.54, 1.807) is 6.07 Å². The fraction of sp³-hybridized carbons (Fsp3) is 0. The van der Waals surface area contributed by atoms with Gasteiger partial charge >= 0.3 is 0 Å². The molecule has 0 atom stereocenters. The van der Waals surface area contributed by atoms with Crippen molar-refractivity contribution in [1.29, 1.82) is 0 Å². The number of furan rings is 1. The molecule has 0 aliphatic rings. The van der Waals surface area contributed by atoms with Crippen LogP contribution >= 0.6 is 0 Å². The minimum atomic E-state index is -0.609. The van der Waals surface area contributed by atoms with E-state index in [9.17, 15) is 0 Å². The fourth-order valence-corrected chi connectivity index (χ4v) is 6.67. The lowest BCUT2D eigenvalue weighted by Crippen LogP contribution is -2.00. The van der Waals surface area contributed by atoms with Crippen molar-refractivity contribution < 1.29 is 18.1 Å². The summed E-state index contributed by atoms with van der Waals surface area (Å²) in [5.74, 6) is -0.666. The van der Waals surface area contributed by atoms with E-state index < -0.39 is 60.4 Å². The highest BCUT2D eigenvalue weighted by atomic mass is 16.3. The summed E-state index contributed by atoms with van der Waals surface area (Å²) in [5.41, 5.74) is 5.88. The first kappa shape index (κ1) is 19.8. The average Bonchev–Trinajstić information content (AvgIpc) is 3.82. The number of fused-ring (bicyclic) bond motifs is 6. The van der Waals surface area contributed by atoms with Gasteiger partial charge in [0.25, 0.3) is 0 Å². The van der Waals surface area contributed by atoms with Gasteiger partial charge in [-0.05, 0) is 47.5 Å². The van der Waals surface area contributed by atoms with Crippen molar-refractivity contribution in [2.45, 2.75) is 0 Å². The van der Waals surface area contributed by atoms with Gasteiger partial charge in [0.05, 0.1) is 24.7 Å². The molecule has 0 bridgehead atoms. The van der Waals surface area contributed by atoms with Crippen molar-refractivity contribution in [2.75, 3.05) is 0 Å². The number of benzene rings is 7. The van der Waals surface area contributed by atoms with Gasteiger partial charge in [0.1, 0.15) is 11.2 Å². The van der Waals surface area contributed by atoms with E-state index in [0.717, 1.165) is 60.6 Å². The summed E-state index contributed by atoms with van der Waals surface area (Å²) < 4.78 is 92.8. The van der Waals surface area contributed by atoms with Crippen LogP contribution < -0.4 is 0 Å². The summed E-state index contributed by atoms with van der Waals surface area (Å²) in [7, 11) is 0. The van der Waals surface area contributed by atoms with E-state index in [2.05, 4.69) is 43.8 Å². The summed E-state index contributed by atoms with van der Waals surface area (Å²) in [5, 5.41) is 3.91. The zero-order chi connectivity index (χ0) is 41.7. The molecule has 0 saturated carbocycles. The number of hydrogen-bond acceptors (Lipinski definition) is 4. The van der Waals surface area contributed by atoms with Gasteiger partial charge in [0.2, 0.25) is 0 Å². The molecule has 0 N–H and O–H groups in total.